The monoisotopic (exact) mass is 199 g/mol. The molecule has 1 aliphatic heterocycles. The van der Waals surface area contributed by atoms with Gasteiger partial charge in [0.15, 0.2) is 0 Å². The van der Waals surface area contributed by atoms with Gasteiger partial charge in [0.2, 0.25) is 0 Å². The number of aliphatic carboxylic acids is 1. The number of carbonyl (C=O) groups is 1. The maximum atomic E-state index is 10.9. The Morgan fingerprint density at radius 2 is 2.14 bits per heavy atom. The van der Waals surface area contributed by atoms with E-state index < -0.39 is 12.0 Å². The van der Waals surface area contributed by atoms with Crippen LogP contribution in [0.3, 0.4) is 0 Å². The summed E-state index contributed by atoms with van der Waals surface area (Å²) < 4.78 is 0. The molecule has 1 aliphatic rings. The molecular formula is C10H17NO3. The van der Waals surface area contributed by atoms with Crippen LogP contribution in [0.25, 0.3) is 0 Å². The van der Waals surface area contributed by atoms with E-state index in [0.717, 1.165) is 0 Å². The summed E-state index contributed by atoms with van der Waals surface area (Å²) in [5.74, 6) is -0.835. The molecule has 0 saturated heterocycles. The largest absolute Gasteiger partial charge is 0.480 e. The Kier molecular flexibility index (Phi) is 3.29. The molecule has 0 saturated carbocycles. The second-order valence-corrected chi connectivity index (χ2v) is 4.36. The Morgan fingerprint density at radius 3 is 2.64 bits per heavy atom. The fourth-order valence-electron chi connectivity index (χ4n) is 1.33. The molecule has 4 nitrogen and oxygen atoms in total. The first kappa shape index (κ1) is 11.2. The molecule has 1 heterocycles. The highest BCUT2D eigenvalue weighted by Gasteiger charge is 2.30. The molecule has 0 aliphatic carbocycles. The molecule has 0 bridgehead atoms. The second kappa shape index (κ2) is 4.11. The van der Waals surface area contributed by atoms with Crippen LogP contribution in [0, 0.1) is 0 Å². The van der Waals surface area contributed by atoms with Crippen molar-refractivity contribution < 1.29 is 14.7 Å². The number of nitrogens with zero attached hydrogens (tertiary/aromatic N) is 1. The van der Waals surface area contributed by atoms with Gasteiger partial charge in [-0.15, -0.1) is 0 Å². The molecular weight excluding hydrogens is 182 g/mol. The van der Waals surface area contributed by atoms with Crippen LogP contribution in [0.5, 0.6) is 0 Å². The summed E-state index contributed by atoms with van der Waals surface area (Å²) in [5.41, 5.74) is -0.348. The predicted molar refractivity (Wildman–Crippen MR) is 52.7 cm³/mol. The smallest absolute Gasteiger partial charge is 0.323 e. The molecule has 4 heteroatoms. The zero-order chi connectivity index (χ0) is 10.8. The molecule has 0 radical (unpaired) electrons. The van der Waals surface area contributed by atoms with Gasteiger partial charge in [0, 0.05) is 6.54 Å². The number of hydroxylamine groups is 2. The van der Waals surface area contributed by atoms with Crippen molar-refractivity contribution in [2.45, 2.75) is 38.8 Å². The van der Waals surface area contributed by atoms with Gasteiger partial charge in [-0.2, -0.15) is 5.06 Å². The van der Waals surface area contributed by atoms with Crippen molar-refractivity contribution in [1.29, 1.82) is 0 Å². The Balaban J connectivity index is 2.65. The third-order valence-corrected chi connectivity index (χ3v) is 1.84. The number of carboxylic acid groups (broad SMARTS) is 1. The van der Waals surface area contributed by atoms with Gasteiger partial charge in [-0.1, -0.05) is 12.2 Å². The maximum absolute atomic E-state index is 10.9. The van der Waals surface area contributed by atoms with Gasteiger partial charge in [0.25, 0.3) is 0 Å². The first-order valence-corrected chi connectivity index (χ1v) is 4.74. The summed E-state index contributed by atoms with van der Waals surface area (Å²) in [6, 6.07) is -0.556. The van der Waals surface area contributed by atoms with E-state index in [0.29, 0.717) is 13.0 Å². The molecule has 14 heavy (non-hydrogen) atoms. The summed E-state index contributed by atoms with van der Waals surface area (Å²) in [6.07, 6.45) is 4.30. The highest BCUT2D eigenvalue weighted by molar-refractivity contribution is 5.73. The highest BCUT2D eigenvalue weighted by atomic mass is 16.7. The van der Waals surface area contributed by atoms with E-state index in [2.05, 4.69) is 0 Å². The van der Waals surface area contributed by atoms with Crippen LogP contribution in [0.1, 0.15) is 27.2 Å². The van der Waals surface area contributed by atoms with Crippen LogP contribution >= 0.6 is 0 Å². The quantitative estimate of drug-likeness (QED) is 0.683. The van der Waals surface area contributed by atoms with Crippen molar-refractivity contribution >= 4 is 5.97 Å². The van der Waals surface area contributed by atoms with E-state index in [1.807, 2.05) is 32.9 Å². The molecule has 0 aromatic rings. The van der Waals surface area contributed by atoms with Gasteiger partial charge in [-0.3, -0.25) is 9.63 Å². The number of rotatable bonds is 2. The Morgan fingerprint density at radius 1 is 1.50 bits per heavy atom. The molecule has 0 fully saturated rings. The normalized spacial score (nSPS) is 23.8. The van der Waals surface area contributed by atoms with Gasteiger partial charge >= 0.3 is 5.97 Å². The molecule has 1 N–H and O–H groups in total. The van der Waals surface area contributed by atoms with Crippen LogP contribution in [0.2, 0.25) is 0 Å². The molecule has 80 valence electrons. The third-order valence-electron chi connectivity index (χ3n) is 1.84. The fourth-order valence-corrected chi connectivity index (χ4v) is 1.33. The van der Waals surface area contributed by atoms with Gasteiger partial charge in [0.1, 0.15) is 6.04 Å². The Labute approximate surface area is 84.1 Å². The lowest BCUT2D eigenvalue weighted by atomic mass is 10.1. The van der Waals surface area contributed by atoms with Gasteiger partial charge in [-0.05, 0) is 27.2 Å². The van der Waals surface area contributed by atoms with Crippen molar-refractivity contribution in [3.8, 4) is 0 Å². The number of hydrogen-bond donors (Lipinski definition) is 1. The van der Waals surface area contributed by atoms with Crippen LogP contribution < -0.4 is 0 Å². The molecule has 1 atom stereocenters. The summed E-state index contributed by atoms with van der Waals surface area (Å²) >= 11 is 0. The van der Waals surface area contributed by atoms with Crippen molar-refractivity contribution in [3.05, 3.63) is 12.2 Å². The minimum absolute atomic E-state index is 0.348. The average Bonchev–Trinajstić information content (AvgIpc) is 2.01. The summed E-state index contributed by atoms with van der Waals surface area (Å²) in [7, 11) is 0. The van der Waals surface area contributed by atoms with Crippen LogP contribution in [-0.2, 0) is 9.63 Å². The number of hydrogen-bond acceptors (Lipinski definition) is 3. The van der Waals surface area contributed by atoms with Crippen molar-refractivity contribution in [2.24, 2.45) is 0 Å². The molecule has 1 rings (SSSR count). The zero-order valence-electron chi connectivity index (χ0n) is 8.86. The van der Waals surface area contributed by atoms with E-state index in [4.69, 9.17) is 9.94 Å². The van der Waals surface area contributed by atoms with Gasteiger partial charge < -0.3 is 5.11 Å². The molecule has 0 aromatic carbocycles. The molecule has 1 unspecified atom stereocenters. The lowest BCUT2D eigenvalue weighted by molar-refractivity contribution is -0.246. The van der Waals surface area contributed by atoms with E-state index in [9.17, 15) is 4.79 Å². The second-order valence-electron chi connectivity index (χ2n) is 4.36. The van der Waals surface area contributed by atoms with E-state index in [1.54, 1.807) is 0 Å². The lowest BCUT2D eigenvalue weighted by Gasteiger charge is -2.34. The molecule has 0 amide bonds. The van der Waals surface area contributed by atoms with Crippen LogP contribution in [0.4, 0.5) is 0 Å². The van der Waals surface area contributed by atoms with Crippen LogP contribution in [0.15, 0.2) is 12.2 Å². The Bertz CT molecular complexity index is 242. The van der Waals surface area contributed by atoms with Gasteiger partial charge in [0.05, 0.1) is 5.60 Å². The first-order chi connectivity index (χ1) is 6.40. The predicted octanol–water partition coefficient (Wildman–Crippen LogP) is 1.43. The van der Waals surface area contributed by atoms with Gasteiger partial charge in [-0.25, -0.2) is 0 Å². The summed E-state index contributed by atoms with van der Waals surface area (Å²) in [4.78, 5) is 16.4. The summed E-state index contributed by atoms with van der Waals surface area (Å²) in [5, 5.41) is 10.5. The molecule has 0 spiro atoms. The van der Waals surface area contributed by atoms with E-state index in [-0.39, 0.29) is 5.60 Å². The molecule has 0 aromatic heterocycles. The lowest BCUT2D eigenvalue weighted by Crippen LogP contribution is -2.46. The maximum Gasteiger partial charge on any atom is 0.323 e. The summed E-state index contributed by atoms with van der Waals surface area (Å²) in [6.45, 7) is 6.26. The Hall–Kier alpha value is -0.870. The standard InChI is InChI=1S/C10H17NO3/c1-10(2,3)14-11-7-5-4-6-8(11)9(12)13/h4-5,8H,6-7H2,1-3H3,(H,12,13). The van der Waals surface area contributed by atoms with Crippen molar-refractivity contribution in [3.63, 3.8) is 0 Å². The van der Waals surface area contributed by atoms with E-state index >= 15 is 0 Å². The average molecular weight is 199 g/mol. The van der Waals surface area contributed by atoms with Crippen LogP contribution in [-0.4, -0.2) is 34.3 Å². The zero-order valence-corrected chi connectivity index (χ0v) is 8.86. The van der Waals surface area contributed by atoms with Crippen molar-refractivity contribution in [2.75, 3.05) is 6.54 Å². The first-order valence-electron chi connectivity index (χ1n) is 4.74. The van der Waals surface area contributed by atoms with E-state index in [1.165, 1.54) is 5.06 Å². The number of carboxylic acids is 1. The fraction of sp³-hybridized carbons (Fsp3) is 0.700. The minimum Gasteiger partial charge on any atom is -0.480 e. The third kappa shape index (κ3) is 3.12. The highest BCUT2D eigenvalue weighted by Crippen LogP contribution is 2.18. The minimum atomic E-state index is -0.835. The van der Waals surface area contributed by atoms with Crippen molar-refractivity contribution in [1.82, 2.24) is 5.06 Å². The SMILES string of the molecule is CC(C)(C)ON1CC=CCC1C(=O)O. The topological polar surface area (TPSA) is 49.8 Å².